The van der Waals surface area contributed by atoms with E-state index in [0.29, 0.717) is 43.3 Å². The summed E-state index contributed by atoms with van der Waals surface area (Å²) in [6.07, 6.45) is 0. The van der Waals surface area contributed by atoms with Crippen molar-refractivity contribution in [3.8, 4) is 16.3 Å². The van der Waals surface area contributed by atoms with Crippen molar-refractivity contribution >= 4 is 28.8 Å². The molecule has 1 aliphatic rings. The van der Waals surface area contributed by atoms with Crippen LogP contribution in [0.25, 0.3) is 10.6 Å². The van der Waals surface area contributed by atoms with Crippen LogP contribution in [0.5, 0.6) is 5.75 Å². The van der Waals surface area contributed by atoms with Crippen molar-refractivity contribution in [3.05, 3.63) is 65.4 Å². The van der Waals surface area contributed by atoms with Gasteiger partial charge in [0.1, 0.15) is 22.3 Å². The van der Waals surface area contributed by atoms with E-state index in [-0.39, 0.29) is 24.2 Å². The molecule has 0 spiro atoms. The highest BCUT2D eigenvalue weighted by atomic mass is 32.1. The number of nitrogens with zero attached hydrogens (tertiary/aromatic N) is 3. The maximum atomic E-state index is 13.0. The van der Waals surface area contributed by atoms with E-state index in [1.165, 1.54) is 35.6 Å². The molecule has 7 nitrogen and oxygen atoms in total. The fourth-order valence-corrected chi connectivity index (χ4v) is 4.35. The van der Waals surface area contributed by atoms with E-state index < -0.39 is 0 Å². The first-order valence-corrected chi connectivity index (χ1v) is 11.1. The molecule has 0 saturated carbocycles. The van der Waals surface area contributed by atoms with Gasteiger partial charge in [-0.2, -0.15) is 0 Å². The number of thiazole rings is 1. The van der Waals surface area contributed by atoms with Crippen LogP contribution in [-0.4, -0.2) is 66.4 Å². The fourth-order valence-electron chi connectivity index (χ4n) is 3.52. The van der Waals surface area contributed by atoms with Crippen LogP contribution in [0.4, 0.5) is 10.1 Å². The first kappa shape index (κ1) is 21.9. The van der Waals surface area contributed by atoms with Gasteiger partial charge in [0.15, 0.2) is 0 Å². The molecule has 1 aromatic heterocycles. The van der Waals surface area contributed by atoms with Gasteiger partial charge in [-0.1, -0.05) is 12.1 Å². The van der Waals surface area contributed by atoms with Crippen LogP contribution in [0, 0.1) is 5.82 Å². The lowest BCUT2D eigenvalue weighted by Gasteiger charge is -2.33. The van der Waals surface area contributed by atoms with Crippen molar-refractivity contribution in [2.75, 3.05) is 45.2 Å². The summed E-state index contributed by atoms with van der Waals surface area (Å²) >= 11 is 1.41. The lowest BCUT2D eigenvalue weighted by molar-refractivity contribution is -0.117. The van der Waals surface area contributed by atoms with Gasteiger partial charge in [-0.25, -0.2) is 9.37 Å². The number of halogens is 1. The van der Waals surface area contributed by atoms with Gasteiger partial charge in [-0.05, 0) is 36.4 Å². The normalized spacial score (nSPS) is 14.2. The third-order valence-corrected chi connectivity index (χ3v) is 6.09. The number of piperazine rings is 1. The van der Waals surface area contributed by atoms with Crippen LogP contribution in [-0.2, 0) is 4.79 Å². The molecule has 0 unspecified atom stereocenters. The Balaban J connectivity index is 1.30. The highest BCUT2D eigenvalue weighted by molar-refractivity contribution is 7.13. The zero-order valence-corrected chi connectivity index (χ0v) is 18.4. The van der Waals surface area contributed by atoms with Crippen molar-refractivity contribution in [1.82, 2.24) is 14.8 Å². The maximum Gasteiger partial charge on any atom is 0.273 e. The highest BCUT2D eigenvalue weighted by Crippen LogP contribution is 2.32. The van der Waals surface area contributed by atoms with Crippen LogP contribution in [0.1, 0.15) is 10.5 Å². The zero-order chi connectivity index (χ0) is 22.5. The Kier molecular flexibility index (Phi) is 6.77. The second kappa shape index (κ2) is 9.88. The summed E-state index contributed by atoms with van der Waals surface area (Å²) in [6.45, 7) is 2.43. The molecule has 2 heterocycles. The molecule has 4 rings (SSSR count). The molecule has 0 bridgehead atoms. The quantitative estimate of drug-likeness (QED) is 0.618. The number of rotatable bonds is 6. The number of hydrogen-bond donors (Lipinski definition) is 1. The molecule has 2 aromatic carbocycles. The van der Waals surface area contributed by atoms with Crippen LogP contribution >= 0.6 is 11.3 Å². The molecule has 1 fully saturated rings. The SMILES string of the molecule is COc1ccccc1-c1nc(C(=O)N2CCN(CC(=O)Nc3ccc(F)cc3)CC2)cs1. The van der Waals surface area contributed by atoms with Gasteiger partial charge >= 0.3 is 0 Å². The Morgan fingerprint density at radius 1 is 1.09 bits per heavy atom. The van der Waals surface area contributed by atoms with E-state index >= 15 is 0 Å². The van der Waals surface area contributed by atoms with Gasteiger partial charge in [0.05, 0.1) is 19.2 Å². The number of aromatic nitrogens is 1. The summed E-state index contributed by atoms with van der Waals surface area (Å²) in [7, 11) is 1.61. The van der Waals surface area contributed by atoms with Gasteiger partial charge in [0, 0.05) is 37.2 Å². The van der Waals surface area contributed by atoms with E-state index in [1.54, 1.807) is 17.4 Å². The number of carbonyl (C=O) groups excluding carboxylic acids is 2. The number of amides is 2. The van der Waals surface area contributed by atoms with Crippen LogP contribution < -0.4 is 10.1 Å². The summed E-state index contributed by atoms with van der Waals surface area (Å²) in [5.41, 5.74) is 1.83. The van der Waals surface area contributed by atoms with E-state index in [0.717, 1.165) is 10.6 Å². The van der Waals surface area contributed by atoms with Crippen molar-refractivity contribution in [3.63, 3.8) is 0 Å². The molecular weight excluding hydrogens is 431 g/mol. The molecule has 0 radical (unpaired) electrons. The molecule has 0 atom stereocenters. The minimum Gasteiger partial charge on any atom is -0.496 e. The van der Waals surface area contributed by atoms with Gasteiger partial charge in [-0.3, -0.25) is 14.5 Å². The minimum atomic E-state index is -0.348. The Morgan fingerprint density at radius 2 is 1.81 bits per heavy atom. The predicted octanol–water partition coefficient (Wildman–Crippen LogP) is 3.35. The maximum absolute atomic E-state index is 13.0. The van der Waals surface area contributed by atoms with Gasteiger partial charge in [-0.15, -0.1) is 11.3 Å². The second-order valence-electron chi connectivity index (χ2n) is 7.36. The molecule has 2 amide bonds. The molecule has 1 N–H and O–H groups in total. The Hall–Kier alpha value is -3.30. The molecule has 9 heteroatoms. The second-order valence-corrected chi connectivity index (χ2v) is 8.22. The lowest BCUT2D eigenvalue weighted by Crippen LogP contribution is -2.50. The van der Waals surface area contributed by atoms with Crippen LogP contribution in [0.2, 0.25) is 0 Å². The summed E-state index contributed by atoms with van der Waals surface area (Å²) < 4.78 is 18.4. The number of ether oxygens (including phenoxy) is 1. The number of hydrogen-bond acceptors (Lipinski definition) is 6. The number of methoxy groups -OCH3 is 1. The van der Waals surface area contributed by atoms with Crippen LogP contribution in [0.15, 0.2) is 53.9 Å². The van der Waals surface area contributed by atoms with Gasteiger partial charge in [0.25, 0.3) is 5.91 Å². The largest absolute Gasteiger partial charge is 0.496 e. The average Bonchev–Trinajstić information content (AvgIpc) is 3.31. The summed E-state index contributed by atoms with van der Waals surface area (Å²) in [6, 6.07) is 13.2. The summed E-state index contributed by atoms with van der Waals surface area (Å²) in [5, 5.41) is 5.27. The number of carbonyl (C=O) groups is 2. The Morgan fingerprint density at radius 3 is 2.53 bits per heavy atom. The standard InChI is InChI=1S/C23H23FN4O3S/c1-31-20-5-3-2-4-18(20)22-26-19(15-32-22)23(30)28-12-10-27(11-13-28)14-21(29)25-17-8-6-16(24)7-9-17/h2-9,15H,10-14H2,1H3,(H,25,29). The van der Waals surface area contributed by atoms with Crippen LogP contribution in [0.3, 0.4) is 0 Å². The lowest BCUT2D eigenvalue weighted by atomic mass is 10.2. The van der Waals surface area contributed by atoms with E-state index in [1.807, 2.05) is 29.2 Å². The number of para-hydroxylation sites is 1. The zero-order valence-electron chi connectivity index (χ0n) is 17.6. The topological polar surface area (TPSA) is 74.8 Å². The number of nitrogens with one attached hydrogen (secondary N) is 1. The minimum absolute atomic E-state index is 0.113. The Bertz CT molecular complexity index is 1090. The van der Waals surface area contributed by atoms with Crippen molar-refractivity contribution in [2.24, 2.45) is 0 Å². The van der Waals surface area contributed by atoms with E-state index in [9.17, 15) is 14.0 Å². The highest BCUT2D eigenvalue weighted by Gasteiger charge is 2.25. The molecular formula is C23H23FN4O3S. The predicted molar refractivity (Wildman–Crippen MR) is 121 cm³/mol. The summed E-state index contributed by atoms with van der Waals surface area (Å²) in [5.74, 6) is 0.0856. The molecule has 166 valence electrons. The third-order valence-electron chi connectivity index (χ3n) is 5.22. The van der Waals surface area contributed by atoms with Gasteiger partial charge in [0.2, 0.25) is 5.91 Å². The third kappa shape index (κ3) is 5.12. The van der Waals surface area contributed by atoms with Crippen molar-refractivity contribution < 1.29 is 18.7 Å². The van der Waals surface area contributed by atoms with Crippen molar-refractivity contribution in [1.29, 1.82) is 0 Å². The van der Waals surface area contributed by atoms with E-state index in [2.05, 4.69) is 10.3 Å². The molecule has 32 heavy (non-hydrogen) atoms. The Labute approximate surface area is 189 Å². The molecule has 3 aromatic rings. The molecule has 0 aliphatic carbocycles. The monoisotopic (exact) mass is 454 g/mol. The fraction of sp³-hybridized carbons (Fsp3) is 0.261. The number of anilines is 1. The van der Waals surface area contributed by atoms with Gasteiger partial charge < -0.3 is 15.0 Å². The smallest absolute Gasteiger partial charge is 0.273 e. The summed E-state index contributed by atoms with van der Waals surface area (Å²) in [4.78, 5) is 33.4. The van der Waals surface area contributed by atoms with Crippen molar-refractivity contribution in [2.45, 2.75) is 0 Å². The average molecular weight is 455 g/mol. The van der Waals surface area contributed by atoms with E-state index in [4.69, 9.17) is 4.74 Å². The molecule has 1 aliphatic heterocycles. The number of benzene rings is 2. The first-order valence-electron chi connectivity index (χ1n) is 10.2. The first-order chi connectivity index (χ1) is 15.5. The molecule has 1 saturated heterocycles.